The summed E-state index contributed by atoms with van der Waals surface area (Å²) in [6.45, 7) is 5.56. The quantitative estimate of drug-likeness (QED) is 0.650. The predicted molar refractivity (Wildman–Crippen MR) is 54.8 cm³/mol. The van der Waals surface area contributed by atoms with Crippen LogP contribution < -0.4 is 5.32 Å². The summed E-state index contributed by atoms with van der Waals surface area (Å²) in [6.07, 6.45) is 2.18. The van der Waals surface area contributed by atoms with Gasteiger partial charge in [0.05, 0.1) is 0 Å². The first-order chi connectivity index (χ1) is 6.47. The standard InChI is InChI=1S/C11H17NO2/c1-11(2,3)14-10(13)12-9-7-5-4-6-8-9/h9H,5,7-8H2,1-3H3,(H,12,13). The van der Waals surface area contributed by atoms with Crippen molar-refractivity contribution < 1.29 is 9.53 Å². The minimum absolute atomic E-state index is 0.158. The molecule has 3 nitrogen and oxygen atoms in total. The number of amides is 1. The van der Waals surface area contributed by atoms with E-state index in [1.807, 2.05) is 20.8 Å². The maximum atomic E-state index is 11.3. The Labute approximate surface area is 85.2 Å². The Morgan fingerprint density at radius 2 is 2.14 bits per heavy atom. The SMILES string of the molecule is CC(C)(C)OC(=O)NC1CC#CCC1. The summed E-state index contributed by atoms with van der Waals surface area (Å²) in [7, 11) is 0. The normalized spacial score (nSPS) is 20.6. The van der Waals surface area contributed by atoms with E-state index in [4.69, 9.17) is 4.74 Å². The highest BCUT2D eigenvalue weighted by Gasteiger charge is 2.19. The number of nitrogens with one attached hydrogen (secondary N) is 1. The number of hydrogen-bond acceptors (Lipinski definition) is 2. The van der Waals surface area contributed by atoms with Crippen molar-refractivity contribution in [1.82, 2.24) is 5.32 Å². The van der Waals surface area contributed by atoms with Crippen LogP contribution in [0.5, 0.6) is 0 Å². The first-order valence-electron chi connectivity index (χ1n) is 4.92. The number of ether oxygens (including phenoxy) is 1. The van der Waals surface area contributed by atoms with Crippen molar-refractivity contribution in [1.29, 1.82) is 0 Å². The number of carbonyl (C=O) groups excluding carboxylic acids is 1. The fourth-order valence-corrected chi connectivity index (χ4v) is 1.23. The molecule has 0 heterocycles. The second-order valence-electron chi connectivity index (χ2n) is 4.44. The van der Waals surface area contributed by atoms with Gasteiger partial charge >= 0.3 is 6.09 Å². The molecule has 1 unspecified atom stereocenters. The van der Waals surface area contributed by atoms with Crippen molar-refractivity contribution in [3.05, 3.63) is 0 Å². The molecular formula is C11H17NO2. The summed E-state index contributed by atoms with van der Waals surface area (Å²) in [5.41, 5.74) is -0.426. The average molecular weight is 195 g/mol. The van der Waals surface area contributed by atoms with Crippen molar-refractivity contribution in [3.8, 4) is 11.8 Å². The van der Waals surface area contributed by atoms with Crippen molar-refractivity contribution in [3.63, 3.8) is 0 Å². The molecule has 0 aromatic carbocycles. The van der Waals surface area contributed by atoms with Crippen molar-refractivity contribution >= 4 is 6.09 Å². The van der Waals surface area contributed by atoms with Crippen LogP contribution in [0.4, 0.5) is 4.79 Å². The van der Waals surface area contributed by atoms with E-state index >= 15 is 0 Å². The Hall–Kier alpha value is -1.17. The largest absolute Gasteiger partial charge is 0.444 e. The Morgan fingerprint density at radius 3 is 2.64 bits per heavy atom. The molecule has 3 heteroatoms. The van der Waals surface area contributed by atoms with Gasteiger partial charge in [0.1, 0.15) is 5.60 Å². The van der Waals surface area contributed by atoms with Gasteiger partial charge in [-0.3, -0.25) is 0 Å². The Bertz CT molecular complexity index is 267. The van der Waals surface area contributed by atoms with Crippen LogP contribution in [0.2, 0.25) is 0 Å². The molecule has 0 saturated carbocycles. The summed E-state index contributed by atoms with van der Waals surface area (Å²) in [5, 5.41) is 2.81. The number of carbonyl (C=O) groups is 1. The van der Waals surface area contributed by atoms with Crippen LogP contribution in [0, 0.1) is 11.8 Å². The van der Waals surface area contributed by atoms with E-state index in [-0.39, 0.29) is 12.1 Å². The molecule has 0 aromatic heterocycles. The van der Waals surface area contributed by atoms with Crippen LogP contribution >= 0.6 is 0 Å². The molecule has 1 aliphatic rings. The van der Waals surface area contributed by atoms with Crippen LogP contribution in [-0.4, -0.2) is 17.7 Å². The molecule has 1 aliphatic carbocycles. The van der Waals surface area contributed by atoms with Crippen LogP contribution in [0.1, 0.15) is 40.0 Å². The molecule has 14 heavy (non-hydrogen) atoms. The molecule has 0 aliphatic heterocycles. The third-order valence-corrected chi connectivity index (χ3v) is 1.81. The molecular weight excluding hydrogens is 178 g/mol. The molecule has 78 valence electrons. The first-order valence-corrected chi connectivity index (χ1v) is 4.92. The maximum Gasteiger partial charge on any atom is 0.407 e. The topological polar surface area (TPSA) is 38.3 Å². The lowest BCUT2D eigenvalue weighted by molar-refractivity contribution is 0.0502. The third-order valence-electron chi connectivity index (χ3n) is 1.81. The van der Waals surface area contributed by atoms with Crippen LogP contribution in [-0.2, 0) is 4.74 Å². The highest BCUT2D eigenvalue weighted by molar-refractivity contribution is 5.68. The van der Waals surface area contributed by atoms with Crippen LogP contribution in [0.25, 0.3) is 0 Å². The van der Waals surface area contributed by atoms with E-state index in [0.29, 0.717) is 0 Å². The van der Waals surface area contributed by atoms with Crippen LogP contribution in [0.15, 0.2) is 0 Å². The van der Waals surface area contributed by atoms with Crippen LogP contribution in [0.3, 0.4) is 0 Å². The van der Waals surface area contributed by atoms with Gasteiger partial charge in [-0.15, -0.1) is 11.8 Å². The van der Waals surface area contributed by atoms with Gasteiger partial charge in [-0.25, -0.2) is 4.79 Å². The number of hydrogen-bond donors (Lipinski definition) is 1. The molecule has 0 spiro atoms. The monoisotopic (exact) mass is 195 g/mol. The zero-order valence-electron chi connectivity index (χ0n) is 9.02. The molecule has 0 saturated heterocycles. The minimum Gasteiger partial charge on any atom is -0.444 e. The van der Waals surface area contributed by atoms with Gasteiger partial charge in [-0.2, -0.15) is 0 Å². The lowest BCUT2D eigenvalue weighted by atomic mass is 10.0. The summed E-state index contributed by atoms with van der Waals surface area (Å²) >= 11 is 0. The molecule has 0 fully saturated rings. The molecule has 1 amide bonds. The highest BCUT2D eigenvalue weighted by Crippen LogP contribution is 2.09. The van der Waals surface area contributed by atoms with E-state index in [2.05, 4.69) is 17.2 Å². The molecule has 0 bridgehead atoms. The molecule has 1 N–H and O–H groups in total. The maximum absolute atomic E-state index is 11.3. The summed E-state index contributed by atoms with van der Waals surface area (Å²) in [4.78, 5) is 11.3. The van der Waals surface area contributed by atoms with Gasteiger partial charge in [0, 0.05) is 18.9 Å². The molecule has 1 rings (SSSR count). The number of rotatable bonds is 1. The predicted octanol–water partition coefficient (Wildman–Crippen LogP) is 2.07. The second kappa shape index (κ2) is 4.36. The van der Waals surface area contributed by atoms with Gasteiger partial charge < -0.3 is 10.1 Å². The Morgan fingerprint density at radius 1 is 1.43 bits per heavy atom. The van der Waals surface area contributed by atoms with Gasteiger partial charge in [-0.1, -0.05) is 0 Å². The van der Waals surface area contributed by atoms with Crippen molar-refractivity contribution in [2.75, 3.05) is 0 Å². The second-order valence-corrected chi connectivity index (χ2v) is 4.44. The Kier molecular flexibility index (Phi) is 3.40. The average Bonchev–Trinajstić information content (AvgIpc) is 2.02. The van der Waals surface area contributed by atoms with Gasteiger partial charge in [0.15, 0.2) is 0 Å². The summed E-state index contributed by atoms with van der Waals surface area (Å²) < 4.78 is 5.14. The van der Waals surface area contributed by atoms with Crippen molar-refractivity contribution in [2.45, 2.75) is 51.7 Å². The van der Waals surface area contributed by atoms with Gasteiger partial charge in [0.25, 0.3) is 0 Å². The zero-order chi connectivity index (χ0) is 10.6. The summed E-state index contributed by atoms with van der Waals surface area (Å²) in [6, 6.07) is 0.158. The smallest absolute Gasteiger partial charge is 0.407 e. The van der Waals surface area contributed by atoms with E-state index in [1.165, 1.54) is 0 Å². The lowest BCUT2D eigenvalue weighted by Crippen LogP contribution is -2.39. The zero-order valence-corrected chi connectivity index (χ0v) is 9.02. The first kappa shape index (κ1) is 10.9. The molecule has 1 atom stereocenters. The fraction of sp³-hybridized carbons (Fsp3) is 0.727. The fourth-order valence-electron chi connectivity index (χ4n) is 1.23. The number of alkyl carbamates (subject to hydrolysis) is 1. The minimum atomic E-state index is -0.426. The van der Waals surface area contributed by atoms with E-state index in [9.17, 15) is 4.79 Å². The van der Waals surface area contributed by atoms with Gasteiger partial charge in [-0.05, 0) is 27.2 Å². The van der Waals surface area contributed by atoms with Crippen molar-refractivity contribution in [2.24, 2.45) is 0 Å². The van der Waals surface area contributed by atoms with E-state index < -0.39 is 5.60 Å². The third kappa shape index (κ3) is 4.18. The Balaban J connectivity index is 2.31. The summed E-state index contributed by atoms with van der Waals surface area (Å²) in [5.74, 6) is 5.98. The van der Waals surface area contributed by atoms with E-state index in [1.54, 1.807) is 0 Å². The molecule has 0 radical (unpaired) electrons. The highest BCUT2D eigenvalue weighted by atomic mass is 16.6. The van der Waals surface area contributed by atoms with Gasteiger partial charge in [0.2, 0.25) is 0 Å². The molecule has 0 aromatic rings. The van der Waals surface area contributed by atoms with E-state index in [0.717, 1.165) is 19.3 Å². The lowest BCUT2D eigenvalue weighted by Gasteiger charge is -2.23.